The third-order valence-electron chi connectivity index (χ3n) is 3.42. The summed E-state index contributed by atoms with van der Waals surface area (Å²) >= 11 is 0. The number of amides is 1. The van der Waals surface area contributed by atoms with Crippen LogP contribution >= 0.6 is 0 Å². The van der Waals surface area contributed by atoms with Gasteiger partial charge in [-0.1, -0.05) is 12.1 Å². The van der Waals surface area contributed by atoms with Crippen molar-refractivity contribution < 1.29 is 20.1 Å². The van der Waals surface area contributed by atoms with Crippen LogP contribution in [0.1, 0.15) is 16.1 Å². The third kappa shape index (κ3) is 3.30. The third-order valence-corrected chi connectivity index (χ3v) is 3.42. The summed E-state index contributed by atoms with van der Waals surface area (Å²) in [6.45, 7) is 0.256. The van der Waals surface area contributed by atoms with Gasteiger partial charge < -0.3 is 25.6 Å². The Morgan fingerprint density at radius 3 is 2.62 bits per heavy atom. The predicted molar refractivity (Wildman–Crippen MR) is 86.6 cm³/mol. The van der Waals surface area contributed by atoms with Crippen LogP contribution in [0, 0.1) is 0 Å². The van der Waals surface area contributed by atoms with Crippen molar-refractivity contribution in [1.29, 1.82) is 0 Å². The molecule has 0 aliphatic rings. The number of H-pyrrole nitrogens is 1. The van der Waals surface area contributed by atoms with E-state index in [1.54, 1.807) is 24.3 Å². The van der Waals surface area contributed by atoms with E-state index < -0.39 is 0 Å². The molecule has 0 aliphatic heterocycles. The molecule has 0 spiro atoms. The van der Waals surface area contributed by atoms with Gasteiger partial charge in [-0.25, -0.2) is 4.98 Å². The SMILES string of the molecule is O=C(NCc1cccc(O)c1)c1cnc(-c2ccc(O)cc2O)[nH]1. The van der Waals surface area contributed by atoms with E-state index in [1.165, 1.54) is 24.4 Å². The van der Waals surface area contributed by atoms with Gasteiger partial charge in [0.15, 0.2) is 0 Å². The fourth-order valence-electron chi connectivity index (χ4n) is 2.24. The van der Waals surface area contributed by atoms with Crippen LogP contribution in [0.25, 0.3) is 11.4 Å². The highest BCUT2D eigenvalue weighted by atomic mass is 16.3. The van der Waals surface area contributed by atoms with Crippen LogP contribution in [0.15, 0.2) is 48.7 Å². The molecular formula is C17H15N3O4. The van der Waals surface area contributed by atoms with Crippen LogP contribution in [-0.4, -0.2) is 31.2 Å². The van der Waals surface area contributed by atoms with E-state index in [2.05, 4.69) is 15.3 Å². The van der Waals surface area contributed by atoms with Crippen LogP contribution < -0.4 is 5.32 Å². The standard InChI is InChI=1S/C17H15N3O4/c21-11-3-1-2-10(6-11)8-19-17(24)14-9-18-16(20-14)13-5-4-12(22)7-15(13)23/h1-7,9,21-23H,8H2,(H,18,20)(H,19,24). The number of phenolic OH excluding ortho intramolecular Hbond substituents is 3. The van der Waals surface area contributed by atoms with Crippen LogP contribution in [0.3, 0.4) is 0 Å². The minimum atomic E-state index is -0.365. The molecule has 24 heavy (non-hydrogen) atoms. The summed E-state index contributed by atoms with van der Waals surface area (Å²) in [4.78, 5) is 19.0. The van der Waals surface area contributed by atoms with Crippen LogP contribution in [0.2, 0.25) is 0 Å². The molecule has 2 aromatic carbocycles. The molecule has 7 nitrogen and oxygen atoms in total. The summed E-state index contributed by atoms with van der Waals surface area (Å²) in [6, 6.07) is 10.7. The van der Waals surface area contributed by atoms with Crippen molar-refractivity contribution in [2.45, 2.75) is 6.54 Å². The average Bonchev–Trinajstić information content (AvgIpc) is 3.02. The van der Waals surface area contributed by atoms with Gasteiger partial charge in [0.1, 0.15) is 28.8 Å². The van der Waals surface area contributed by atoms with Gasteiger partial charge in [-0.2, -0.15) is 0 Å². The normalized spacial score (nSPS) is 10.5. The molecule has 0 unspecified atom stereocenters. The number of aromatic nitrogens is 2. The molecule has 1 amide bonds. The maximum Gasteiger partial charge on any atom is 0.269 e. The quantitative estimate of drug-likeness (QED) is 0.503. The van der Waals surface area contributed by atoms with Gasteiger partial charge in [0, 0.05) is 12.6 Å². The van der Waals surface area contributed by atoms with Crippen molar-refractivity contribution in [3.63, 3.8) is 0 Å². The Morgan fingerprint density at radius 1 is 1.08 bits per heavy atom. The highest BCUT2D eigenvalue weighted by Crippen LogP contribution is 2.29. The number of imidazole rings is 1. The molecule has 0 radical (unpaired) electrons. The minimum Gasteiger partial charge on any atom is -0.508 e. The topological polar surface area (TPSA) is 118 Å². The van der Waals surface area contributed by atoms with E-state index in [0.717, 1.165) is 5.56 Å². The smallest absolute Gasteiger partial charge is 0.269 e. The maximum absolute atomic E-state index is 12.1. The lowest BCUT2D eigenvalue weighted by Crippen LogP contribution is -2.23. The molecule has 1 heterocycles. The molecule has 3 rings (SSSR count). The largest absolute Gasteiger partial charge is 0.508 e. The number of aromatic hydroxyl groups is 3. The van der Waals surface area contributed by atoms with Crippen LogP contribution in [0.5, 0.6) is 17.2 Å². The van der Waals surface area contributed by atoms with Gasteiger partial charge in [-0.3, -0.25) is 4.79 Å². The zero-order valence-electron chi connectivity index (χ0n) is 12.5. The van der Waals surface area contributed by atoms with Crippen LogP contribution in [-0.2, 0) is 6.54 Å². The summed E-state index contributed by atoms with van der Waals surface area (Å²) in [5.74, 6) is -0.123. The molecule has 1 aromatic heterocycles. The van der Waals surface area contributed by atoms with E-state index in [0.29, 0.717) is 11.4 Å². The zero-order valence-corrected chi connectivity index (χ0v) is 12.5. The number of aromatic amines is 1. The van der Waals surface area contributed by atoms with Crippen molar-refractivity contribution in [3.05, 3.63) is 59.9 Å². The number of hydrogen-bond acceptors (Lipinski definition) is 5. The van der Waals surface area contributed by atoms with Crippen molar-refractivity contribution in [1.82, 2.24) is 15.3 Å². The molecule has 0 bridgehead atoms. The summed E-state index contributed by atoms with van der Waals surface area (Å²) in [5, 5.41) is 31.2. The van der Waals surface area contributed by atoms with Crippen molar-refractivity contribution in [2.75, 3.05) is 0 Å². The fraction of sp³-hybridized carbons (Fsp3) is 0.0588. The van der Waals surface area contributed by atoms with Gasteiger partial charge in [-0.05, 0) is 29.8 Å². The number of nitrogens with one attached hydrogen (secondary N) is 2. The van der Waals surface area contributed by atoms with Gasteiger partial charge in [0.2, 0.25) is 0 Å². The second-order valence-electron chi connectivity index (χ2n) is 5.20. The first kappa shape index (κ1) is 15.4. The Morgan fingerprint density at radius 2 is 1.88 bits per heavy atom. The lowest BCUT2D eigenvalue weighted by Gasteiger charge is -2.04. The molecule has 0 fully saturated rings. The highest BCUT2D eigenvalue weighted by Gasteiger charge is 2.13. The average molecular weight is 325 g/mol. The van der Waals surface area contributed by atoms with Crippen LogP contribution in [0.4, 0.5) is 0 Å². The van der Waals surface area contributed by atoms with Gasteiger partial charge in [0.25, 0.3) is 5.91 Å². The van der Waals surface area contributed by atoms with Gasteiger partial charge >= 0.3 is 0 Å². The monoisotopic (exact) mass is 325 g/mol. The van der Waals surface area contributed by atoms with E-state index in [4.69, 9.17) is 0 Å². The first-order valence-corrected chi connectivity index (χ1v) is 7.16. The fourth-order valence-corrected chi connectivity index (χ4v) is 2.24. The Hall–Kier alpha value is -3.48. The molecule has 0 aliphatic carbocycles. The number of carbonyl (C=O) groups is 1. The number of carbonyl (C=O) groups excluding carboxylic acids is 1. The Balaban J connectivity index is 1.71. The molecule has 0 atom stereocenters. The van der Waals surface area contributed by atoms with Crippen molar-refractivity contribution >= 4 is 5.91 Å². The molecule has 0 saturated carbocycles. The maximum atomic E-state index is 12.1. The molecular weight excluding hydrogens is 310 g/mol. The van der Waals surface area contributed by atoms with Gasteiger partial charge in [-0.15, -0.1) is 0 Å². The van der Waals surface area contributed by atoms with E-state index >= 15 is 0 Å². The van der Waals surface area contributed by atoms with E-state index in [9.17, 15) is 20.1 Å². The molecule has 5 N–H and O–H groups in total. The Kier molecular flexibility index (Phi) is 4.07. The summed E-state index contributed by atoms with van der Waals surface area (Å²) < 4.78 is 0. The first-order valence-electron chi connectivity index (χ1n) is 7.16. The molecule has 0 saturated heterocycles. The second kappa shape index (κ2) is 6.33. The number of rotatable bonds is 4. The molecule has 7 heteroatoms. The minimum absolute atomic E-state index is 0.0631. The lowest BCUT2D eigenvalue weighted by atomic mass is 10.2. The number of phenols is 3. The Labute approximate surface area is 137 Å². The second-order valence-corrected chi connectivity index (χ2v) is 5.20. The van der Waals surface area contributed by atoms with E-state index in [-0.39, 0.29) is 35.4 Å². The summed E-state index contributed by atoms with van der Waals surface area (Å²) in [5.41, 5.74) is 1.37. The number of hydrogen-bond donors (Lipinski definition) is 5. The summed E-state index contributed by atoms with van der Waals surface area (Å²) in [7, 11) is 0. The summed E-state index contributed by atoms with van der Waals surface area (Å²) in [6.07, 6.45) is 1.36. The number of benzene rings is 2. The molecule has 122 valence electrons. The molecule has 3 aromatic rings. The van der Waals surface area contributed by atoms with Gasteiger partial charge in [0.05, 0.1) is 11.8 Å². The van der Waals surface area contributed by atoms with E-state index in [1.807, 2.05) is 0 Å². The highest BCUT2D eigenvalue weighted by molar-refractivity contribution is 5.92. The predicted octanol–water partition coefficient (Wildman–Crippen LogP) is 2.12. The first-order chi connectivity index (χ1) is 11.5. The zero-order chi connectivity index (χ0) is 17.1. The van der Waals surface area contributed by atoms with Crippen molar-refractivity contribution in [3.8, 4) is 28.6 Å². The van der Waals surface area contributed by atoms with Crippen molar-refractivity contribution in [2.24, 2.45) is 0 Å². The Bertz CT molecular complexity index is 889. The number of nitrogens with zero attached hydrogens (tertiary/aromatic N) is 1. The lowest BCUT2D eigenvalue weighted by molar-refractivity contribution is 0.0946.